The van der Waals surface area contributed by atoms with E-state index in [0.29, 0.717) is 27.5 Å². The zero-order chi connectivity index (χ0) is 19.0. The van der Waals surface area contributed by atoms with E-state index in [1.807, 2.05) is 41.5 Å². The lowest BCUT2D eigenvalue weighted by molar-refractivity contribution is 0.0734. The monoisotopic (exact) mass is 360 g/mol. The number of benzene rings is 2. The van der Waals surface area contributed by atoms with Gasteiger partial charge in [0.05, 0.1) is 10.6 Å². The summed E-state index contributed by atoms with van der Waals surface area (Å²) in [5.41, 5.74) is 1.19. The smallest absolute Gasteiger partial charge is 0.343 e. The number of phenolic OH excluding ortho intramolecular Hbond substituents is 1. The first-order valence-corrected chi connectivity index (χ1v) is 8.63. The Kier molecular flexibility index (Phi) is 5.19. The van der Waals surface area contributed by atoms with Crippen molar-refractivity contribution in [3.05, 3.63) is 58.1 Å². The van der Waals surface area contributed by atoms with Crippen LogP contribution in [-0.2, 0) is 10.8 Å². The maximum absolute atomic E-state index is 12.7. The molecule has 134 valence electrons. The van der Waals surface area contributed by atoms with Gasteiger partial charge in [0.25, 0.3) is 0 Å². The zero-order valence-electron chi connectivity index (χ0n) is 15.6. The van der Waals surface area contributed by atoms with Crippen molar-refractivity contribution in [3.63, 3.8) is 0 Å². The van der Waals surface area contributed by atoms with Crippen molar-refractivity contribution in [1.29, 1.82) is 0 Å². The third kappa shape index (κ3) is 4.35. The van der Waals surface area contributed by atoms with Crippen LogP contribution in [0.2, 0.25) is 5.02 Å². The lowest BCUT2D eigenvalue weighted by Gasteiger charge is -2.28. The number of phenols is 1. The fourth-order valence-electron chi connectivity index (χ4n) is 2.58. The maximum atomic E-state index is 12.7. The molecule has 0 saturated heterocycles. The lowest BCUT2D eigenvalue weighted by atomic mass is 9.78. The Balaban J connectivity index is 2.54. The Morgan fingerprint density at radius 3 is 1.88 bits per heavy atom. The minimum atomic E-state index is -0.496. The highest BCUT2D eigenvalue weighted by molar-refractivity contribution is 6.32. The molecule has 2 aromatic rings. The van der Waals surface area contributed by atoms with Gasteiger partial charge >= 0.3 is 5.97 Å². The van der Waals surface area contributed by atoms with Gasteiger partial charge < -0.3 is 9.84 Å². The molecule has 0 atom stereocenters. The number of ether oxygens (including phenoxy) is 1. The number of rotatable bonds is 2. The molecular weight excluding hydrogens is 336 g/mol. The van der Waals surface area contributed by atoms with Crippen LogP contribution < -0.4 is 4.74 Å². The Hall–Kier alpha value is -2.00. The van der Waals surface area contributed by atoms with Crippen LogP contribution in [0.1, 0.15) is 63.0 Å². The highest BCUT2D eigenvalue weighted by Gasteiger charge is 2.28. The molecular formula is C21H25ClO3. The topological polar surface area (TPSA) is 46.5 Å². The van der Waals surface area contributed by atoms with E-state index in [9.17, 15) is 9.90 Å². The number of carbonyl (C=O) groups is 1. The molecule has 0 aliphatic heterocycles. The van der Waals surface area contributed by atoms with Crippen molar-refractivity contribution in [2.45, 2.75) is 52.4 Å². The first-order chi connectivity index (χ1) is 11.4. The van der Waals surface area contributed by atoms with Crippen LogP contribution in [0.5, 0.6) is 11.5 Å². The molecule has 0 bridgehead atoms. The Morgan fingerprint density at radius 1 is 0.960 bits per heavy atom. The number of para-hydroxylation sites is 1. The fraction of sp³-hybridized carbons (Fsp3) is 0.381. The summed E-state index contributed by atoms with van der Waals surface area (Å²) in [6.07, 6.45) is 0. The minimum Gasteiger partial charge on any atom is -0.507 e. The van der Waals surface area contributed by atoms with Crippen LogP contribution >= 0.6 is 11.6 Å². The number of hydrogen-bond acceptors (Lipinski definition) is 3. The summed E-state index contributed by atoms with van der Waals surface area (Å²) in [5, 5.41) is 11.1. The van der Waals surface area contributed by atoms with Crippen LogP contribution in [0.25, 0.3) is 0 Å². The molecule has 0 heterocycles. The highest BCUT2D eigenvalue weighted by Crippen LogP contribution is 2.40. The van der Waals surface area contributed by atoms with Gasteiger partial charge in [-0.3, -0.25) is 0 Å². The molecule has 3 nitrogen and oxygen atoms in total. The molecule has 0 spiro atoms. The number of hydrogen-bond donors (Lipinski definition) is 1. The average molecular weight is 361 g/mol. The van der Waals surface area contributed by atoms with E-state index < -0.39 is 5.97 Å². The van der Waals surface area contributed by atoms with Gasteiger partial charge in [0.1, 0.15) is 11.5 Å². The second kappa shape index (κ2) is 6.72. The van der Waals surface area contributed by atoms with Crippen molar-refractivity contribution in [3.8, 4) is 11.5 Å². The number of carbonyl (C=O) groups excluding carboxylic acids is 1. The molecule has 0 unspecified atom stereocenters. The van der Waals surface area contributed by atoms with Gasteiger partial charge in [-0.1, -0.05) is 65.3 Å². The van der Waals surface area contributed by atoms with Crippen molar-refractivity contribution >= 4 is 17.6 Å². The first kappa shape index (κ1) is 19.3. The molecule has 1 N–H and O–H groups in total. The standard InChI is InChI=1S/C21H25ClO3/c1-20(2,3)14-11-13(12-15(18(14)23)21(4,5)6)19(24)25-17-10-8-7-9-16(17)22/h7-12,23H,1-6H3. The predicted octanol–water partition coefficient (Wildman–Crippen LogP) is 5.86. The summed E-state index contributed by atoms with van der Waals surface area (Å²) in [7, 11) is 0. The second-order valence-corrected chi connectivity index (χ2v) is 8.65. The summed E-state index contributed by atoms with van der Waals surface area (Å²) in [6.45, 7) is 12.0. The molecule has 0 amide bonds. The van der Waals surface area contributed by atoms with Crippen LogP contribution in [0.15, 0.2) is 36.4 Å². The van der Waals surface area contributed by atoms with Crippen LogP contribution in [0, 0.1) is 0 Å². The Morgan fingerprint density at radius 2 is 1.44 bits per heavy atom. The predicted molar refractivity (Wildman–Crippen MR) is 102 cm³/mol. The summed E-state index contributed by atoms with van der Waals surface area (Å²) < 4.78 is 5.45. The largest absolute Gasteiger partial charge is 0.507 e. The molecule has 4 heteroatoms. The van der Waals surface area contributed by atoms with Crippen molar-refractivity contribution in [2.24, 2.45) is 0 Å². The summed E-state index contributed by atoms with van der Waals surface area (Å²) in [6, 6.07) is 10.2. The van der Waals surface area contributed by atoms with E-state index in [1.165, 1.54) is 0 Å². The summed E-state index contributed by atoms with van der Waals surface area (Å²) >= 11 is 6.07. The third-order valence-corrected chi connectivity index (χ3v) is 4.31. The first-order valence-electron chi connectivity index (χ1n) is 8.26. The molecule has 0 aliphatic carbocycles. The van der Waals surface area contributed by atoms with E-state index in [4.69, 9.17) is 16.3 Å². The quantitative estimate of drug-likeness (QED) is 0.539. The maximum Gasteiger partial charge on any atom is 0.343 e. The molecule has 0 saturated carbocycles. The van der Waals surface area contributed by atoms with Crippen molar-refractivity contribution in [2.75, 3.05) is 0 Å². The fourth-order valence-corrected chi connectivity index (χ4v) is 2.76. The third-order valence-electron chi connectivity index (χ3n) is 4.00. The van der Waals surface area contributed by atoms with Crippen LogP contribution in [0.3, 0.4) is 0 Å². The van der Waals surface area contributed by atoms with Gasteiger partial charge in [-0.25, -0.2) is 4.79 Å². The molecule has 0 aliphatic rings. The number of aromatic hydroxyl groups is 1. The minimum absolute atomic E-state index is 0.231. The zero-order valence-corrected chi connectivity index (χ0v) is 16.4. The van der Waals surface area contributed by atoms with Gasteiger partial charge in [-0.2, -0.15) is 0 Å². The van der Waals surface area contributed by atoms with Gasteiger partial charge in [-0.05, 0) is 35.1 Å². The molecule has 2 rings (SSSR count). The van der Waals surface area contributed by atoms with E-state index in [0.717, 1.165) is 0 Å². The molecule has 0 fully saturated rings. The van der Waals surface area contributed by atoms with E-state index in [1.54, 1.807) is 36.4 Å². The van der Waals surface area contributed by atoms with Gasteiger partial charge in [0, 0.05) is 11.1 Å². The lowest BCUT2D eigenvalue weighted by Crippen LogP contribution is -2.20. The van der Waals surface area contributed by atoms with Gasteiger partial charge in [-0.15, -0.1) is 0 Å². The van der Waals surface area contributed by atoms with Crippen molar-refractivity contribution in [1.82, 2.24) is 0 Å². The van der Waals surface area contributed by atoms with E-state index in [-0.39, 0.29) is 16.6 Å². The van der Waals surface area contributed by atoms with E-state index >= 15 is 0 Å². The normalized spacial score (nSPS) is 12.1. The SMILES string of the molecule is CC(C)(C)c1cc(C(=O)Oc2ccccc2Cl)cc(C(C)(C)C)c1O. The van der Waals surface area contributed by atoms with E-state index in [2.05, 4.69) is 0 Å². The molecule has 0 aromatic heterocycles. The average Bonchev–Trinajstić information content (AvgIpc) is 2.47. The number of esters is 1. The Bertz CT molecular complexity index is 761. The van der Waals surface area contributed by atoms with Crippen molar-refractivity contribution < 1.29 is 14.6 Å². The molecule has 2 aromatic carbocycles. The second-order valence-electron chi connectivity index (χ2n) is 8.24. The molecule has 0 radical (unpaired) electrons. The van der Waals surface area contributed by atoms with Gasteiger partial charge in [0.2, 0.25) is 0 Å². The summed E-state index contributed by atoms with van der Waals surface area (Å²) in [4.78, 5) is 12.7. The van der Waals surface area contributed by atoms with Crippen LogP contribution in [-0.4, -0.2) is 11.1 Å². The molecule has 25 heavy (non-hydrogen) atoms. The van der Waals surface area contributed by atoms with Gasteiger partial charge in [0.15, 0.2) is 0 Å². The van der Waals surface area contributed by atoms with Crippen LogP contribution in [0.4, 0.5) is 0 Å². The Labute approximate surface area is 154 Å². The number of halogens is 1. The summed E-state index contributed by atoms with van der Waals surface area (Å²) in [5.74, 6) is 0.0512. The highest BCUT2D eigenvalue weighted by atomic mass is 35.5.